The van der Waals surface area contributed by atoms with Gasteiger partial charge in [0.25, 0.3) is 0 Å². The maximum Gasteiger partial charge on any atom is 0.306 e. The molecule has 12 atom stereocenters. The third-order valence-corrected chi connectivity index (χ3v) is 18.8. The number of hydrogen-bond acceptors (Lipinski definition) is 5. The van der Waals surface area contributed by atoms with Crippen LogP contribution in [-0.2, 0) is 23.9 Å². The Morgan fingerprint density at radius 3 is 2.13 bits per heavy atom. The van der Waals surface area contributed by atoms with Gasteiger partial charge in [0.2, 0.25) is 11.8 Å². The summed E-state index contributed by atoms with van der Waals surface area (Å²) in [5, 5.41) is 12.8. The number of hydrogen-bond donors (Lipinski definition) is 2. The Morgan fingerprint density at radius 2 is 1.48 bits per heavy atom. The monoisotopic (exact) mass is 749 g/mol. The Morgan fingerprint density at radius 1 is 0.778 bits per heavy atom. The molecule has 1 saturated heterocycles. The normalized spacial score (nSPS) is 44.6. The summed E-state index contributed by atoms with van der Waals surface area (Å²) in [5.74, 6) is 1.19. The molecular formula is C46H72N2O6. The molecule has 0 spiro atoms. The number of fused-ring (bicyclic) bond motifs is 7. The number of carboxylic acid groups (broad SMARTS) is 1. The lowest BCUT2D eigenvalue weighted by Gasteiger charge is -2.73. The first-order chi connectivity index (χ1) is 25.2. The van der Waals surface area contributed by atoms with Gasteiger partial charge in [0.05, 0.1) is 18.3 Å². The smallest absolute Gasteiger partial charge is 0.306 e. The second kappa shape index (κ2) is 13.6. The van der Waals surface area contributed by atoms with Crippen LogP contribution in [0.3, 0.4) is 0 Å². The van der Waals surface area contributed by atoms with E-state index in [1.807, 2.05) is 0 Å². The molecule has 0 aromatic rings. The summed E-state index contributed by atoms with van der Waals surface area (Å²) in [6.07, 6.45) is 14.0. The number of nitrogens with zero attached hydrogens (tertiary/aromatic N) is 1. The van der Waals surface area contributed by atoms with Gasteiger partial charge in [0.15, 0.2) is 0 Å². The van der Waals surface area contributed by atoms with Gasteiger partial charge in [-0.15, -0.1) is 0 Å². The Balaban J connectivity index is 1.10. The Labute approximate surface area is 325 Å². The molecule has 302 valence electrons. The minimum absolute atomic E-state index is 0.0219. The zero-order chi connectivity index (χ0) is 39.2. The summed E-state index contributed by atoms with van der Waals surface area (Å²) in [7, 11) is 0. The van der Waals surface area contributed by atoms with Crippen LogP contribution in [0.2, 0.25) is 0 Å². The van der Waals surface area contributed by atoms with Gasteiger partial charge >= 0.3 is 11.9 Å². The van der Waals surface area contributed by atoms with E-state index in [1.165, 1.54) is 12.0 Å². The van der Waals surface area contributed by atoms with Gasteiger partial charge in [-0.3, -0.25) is 19.2 Å². The van der Waals surface area contributed by atoms with Crippen LogP contribution >= 0.6 is 0 Å². The second-order valence-electron chi connectivity index (χ2n) is 21.6. The van der Waals surface area contributed by atoms with Crippen LogP contribution in [0.4, 0.5) is 0 Å². The predicted octanol–water partition coefficient (Wildman–Crippen LogP) is 8.96. The summed E-state index contributed by atoms with van der Waals surface area (Å²) in [6, 6.07) is 0.0226. The highest BCUT2D eigenvalue weighted by atomic mass is 16.5. The van der Waals surface area contributed by atoms with E-state index in [2.05, 4.69) is 72.2 Å². The van der Waals surface area contributed by atoms with Gasteiger partial charge in [-0.05, 0) is 148 Å². The number of aliphatic carboxylic acids is 1. The Hall–Kier alpha value is -2.38. The summed E-state index contributed by atoms with van der Waals surface area (Å²) in [4.78, 5) is 54.5. The molecule has 0 bridgehead atoms. The number of amides is 2. The highest BCUT2D eigenvalue weighted by Crippen LogP contribution is 2.77. The minimum atomic E-state index is -0.970. The van der Waals surface area contributed by atoms with Crippen molar-refractivity contribution in [2.75, 3.05) is 13.1 Å². The molecule has 0 aromatic heterocycles. The van der Waals surface area contributed by atoms with E-state index in [0.29, 0.717) is 29.6 Å². The molecule has 1 aliphatic heterocycles. The van der Waals surface area contributed by atoms with Crippen molar-refractivity contribution in [1.29, 1.82) is 0 Å². The number of likely N-dealkylation sites (tertiary alicyclic amines) is 1. The van der Waals surface area contributed by atoms with E-state index in [-0.39, 0.29) is 75.2 Å². The van der Waals surface area contributed by atoms with Crippen LogP contribution < -0.4 is 5.32 Å². The van der Waals surface area contributed by atoms with E-state index in [4.69, 9.17) is 9.84 Å². The van der Waals surface area contributed by atoms with Crippen molar-refractivity contribution in [3.63, 3.8) is 0 Å². The number of allylic oxidation sites excluding steroid dienone is 1. The number of carbonyl (C=O) groups is 4. The first-order valence-electron chi connectivity index (χ1n) is 21.9. The van der Waals surface area contributed by atoms with E-state index < -0.39 is 11.9 Å². The third-order valence-electron chi connectivity index (χ3n) is 18.8. The van der Waals surface area contributed by atoms with E-state index in [0.717, 1.165) is 96.6 Å². The largest absolute Gasteiger partial charge is 0.481 e. The molecule has 8 nitrogen and oxygen atoms in total. The molecule has 7 rings (SSSR count). The fraction of sp³-hybridized carbons (Fsp3) is 0.870. The quantitative estimate of drug-likeness (QED) is 0.189. The van der Waals surface area contributed by atoms with Crippen LogP contribution in [0.1, 0.15) is 158 Å². The minimum Gasteiger partial charge on any atom is -0.481 e. The molecule has 7 fully saturated rings. The second-order valence-corrected chi connectivity index (χ2v) is 21.6. The Kier molecular flexibility index (Phi) is 10.1. The molecule has 6 saturated carbocycles. The fourth-order valence-electron chi connectivity index (χ4n) is 15.4. The molecule has 0 aromatic carbocycles. The lowest BCUT2D eigenvalue weighted by Crippen LogP contribution is -2.68. The lowest BCUT2D eigenvalue weighted by molar-refractivity contribution is -0.249. The number of carboxylic acids is 1. The number of ether oxygens (including phenoxy) is 1. The molecule has 2 amide bonds. The van der Waals surface area contributed by atoms with E-state index in [9.17, 15) is 19.2 Å². The maximum absolute atomic E-state index is 15.0. The molecule has 0 unspecified atom stereocenters. The predicted molar refractivity (Wildman–Crippen MR) is 210 cm³/mol. The van der Waals surface area contributed by atoms with Crippen molar-refractivity contribution >= 4 is 23.8 Å². The van der Waals surface area contributed by atoms with Crippen molar-refractivity contribution in [2.45, 2.75) is 170 Å². The highest BCUT2D eigenvalue weighted by Gasteiger charge is 2.72. The fourth-order valence-corrected chi connectivity index (χ4v) is 15.4. The van der Waals surface area contributed by atoms with Crippen LogP contribution in [0, 0.1) is 68.0 Å². The average Bonchev–Trinajstić information content (AvgIpc) is 3.52. The lowest BCUT2D eigenvalue weighted by atomic mass is 9.32. The third kappa shape index (κ3) is 5.85. The van der Waals surface area contributed by atoms with Gasteiger partial charge in [-0.2, -0.15) is 0 Å². The van der Waals surface area contributed by atoms with Crippen molar-refractivity contribution in [1.82, 2.24) is 10.2 Å². The van der Waals surface area contributed by atoms with Gasteiger partial charge in [0.1, 0.15) is 6.10 Å². The van der Waals surface area contributed by atoms with Gasteiger partial charge in [0, 0.05) is 30.5 Å². The van der Waals surface area contributed by atoms with Crippen molar-refractivity contribution in [3.05, 3.63) is 12.2 Å². The van der Waals surface area contributed by atoms with Crippen LogP contribution in [0.5, 0.6) is 0 Å². The standard InChI is InChI=1S/C46H72N2O6/c1-28(2)29-17-22-46(40(53)47-34-27-31(41(34,3)4)39(52)48-25-11-10-12-26-48)24-23-44(8)30(38(29)46)13-14-33-43(7)20-19-35(54-37(51)16-15-36(49)50)42(5,6)32(43)18-21-45(33,44)9/h29-35,38H,1,10-27H2,2-9H3,(H,47,53)(H,49,50)/t29-,30+,31+,32-,33+,34+,35-,38+,43-,44+,45+,46-/m0/s1. The zero-order valence-corrected chi connectivity index (χ0v) is 35.0. The van der Waals surface area contributed by atoms with Gasteiger partial charge < -0.3 is 20.1 Å². The summed E-state index contributed by atoms with van der Waals surface area (Å²) < 4.78 is 6.06. The topological polar surface area (TPSA) is 113 Å². The molecule has 54 heavy (non-hydrogen) atoms. The summed E-state index contributed by atoms with van der Waals surface area (Å²) >= 11 is 0. The zero-order valence-electron chi connectivity index (χ0n) is 35.0. The molecule has 0 radical (unpaired) electrons. The number of carbonyl (C=O) groups excluding carboxylic acids is 3. The van der Waals surface area contributed by atoms with Gasteiger partial charge in [-0.1, -0.05) is 60.6 Å². The van der Waals surface area contributed by atoms with E-state index in [1.54, 1.807) is 0 Å². The average molecular weight is 749 g/mol. The van der Waals surface area contributed by atoms with Crippen molar-refractivity contribution in [2.24, 2.45) is 68.0 Å². The summed E-state index contributed by atoms with van der Waals surface area (Å²) in [6.45, 7) is 25.2. The number of rotatable bonds is 8. The van der Waals surface area contributed by atoms with Crippen LogP contribution in [0.15, 0.2) is 12.2 Å². The molecule has 7 aliphatic rings. The molecule has 2 N–H and O–H groups in total. The Bertz CT molecular complexity index is 1550. The highest BCUT2D eigenvalue weighted by molar-refractivity contribution is 5.86. The number of esters is 1. The van der Waals surface area contributed by atoms with Crippen LogP contribution in [0.25, 0.3) is 0 Å². The van der Waals surface area contributed by atoms with Crippen molar-refractivity contribution < 1.29 is 29.0 Å². The first kappa shape index (κ1) is 39.8. The molecule has 6 aliphatic carbocycles. The van der Waals surface area contributed by atoms with Crippen LogP contribution in [-0.4, -0.2) is 59.0 Å². The molecule has 1 heterocycles. The van der Waals surface area contributed by atoms with E-state index >= 15 is 0 Å². The molecule has 8 heteroatoms. The van der Waals surface area contributed by atoms with Gasteiger partial charge in [-0.25, -0.2) is 0 Å². The number of nitrogens with one attached hydrogen (secondary N) is 1. The maximum atomic E-state index is 15.0. The SMILES string of the molecule is C=C(C)[C@@H]1CC[C@]2(C(=O)N[C@@H]3C[C@H](C(=O)N4CCCCC4)C3(C)C)CC[C@]3(C)[C@H](CC[C@@H]4[C@@]5(C)CC[C@H](OC(=O)CCC(=O)O)C(C)(C)[C@@H]5CC[C@]43C)[C@@H]12. The van der Waals surface area contributed by atoms with Crippen molar-refractivity contribution in [3.8, 4) is 0 Å². The first-order valence-corrected chi connectivity index (χ1v) is 21.9. The number of piperidine rings is 1. The summed E-state index contributed by atoms with van der Waals surface area (Å²) in [5.41, 5.74) is 0.731. The molecular weight excluding hydrogens is 677 g/mol.